The molecule has 4 nitrogen and oxygen atoms in total. The molecule has 0 bridgehead atoms. The summed E-state index contributed by atoms with van der Waals surface area (Å²) in [6.07, 6.45) is 0. The third-order valence-corrected chi connectivity index (χ3v) is 3.11. The van der Waals surface area contributed by atoms with Crippen molar-refractivity contribution in [2.75, 3.05) is 7.11 Å². The molecule has 0 amide bonds. The Kier molecular flexibility index (Phi) is 4.98. The molecule has 0 spiro atoms. The number of nitrogens with one attached hydrogen (secondary N) is 1. The average Bonchev–Trinajstić information content (AvgIpc) is 2.49. The molecule has 0 aliphatic carbocycles. The second kappa shape index (κ2) is 6.93. The maximum absolute atomic E-state index is 9.52. The van der Waals surface area contributed by atoms with Crippen molar-refractivity contribution in [1.82, 2.24) is 5.32 Å². The van der Waals surface area contributed by atoms with Gasteiger partial charge in [0.05, 0.1) is 13.7 Å². The van der Waals surface area contributed by atoms with Crippen molar-refractivity contribution in [3.05, 3.63) is 59.2 Å². The number of hydrogen-bond donors (Lipinski definition) is 3. The lowest BCUT2D eigenvalue weighted by molar-refractivity contribution is 0.282. The first-order chi connectivity index (χ1) is 9.72. The number of aliphatic hydroxyl groups is 1. The minimum atomic E-state index is 0.0704. The summed E-state index contributed by atoms with van der Waals surface area (Å²) < 4.78 is 5.07. The number of aliphatic hydroxyl groups excluding tert-OH is 1. The molecule has 0 aromatic heterocycles. The van der Waals surface area contributed by atoms with Crippen LogP contribution in [0.1, 0.15) is 16.7 Å². The molecule has 0 unspecified atom stereocenters. The lowest BCUT2D eigenvalue weighted by Gasteiger charge is -2.08. The molecule has 0 saturated carbocycles. The number of rotatable bonds is 6. The third kappa shape index (κ3) is 3.73. The zero-order valence-corrected chi connectivity index (χ0v) is 11.5. The molecule has 0 saturated heterocycles. The molecule has 2 aromatic carbocycles. The highest BCUT2D eigenvalue weighted by Crippen LogP contribution is 2.26. The van der Waals surface area contributed by atoms with Crippen LogP contribution in [0.15, 0.2) is 42.5 Å². The Bertz CT molecular complexity index is 552. The van der Waals surface area contributed by atoms with Gasteiger partial charge >= 0.3 is 0 Å². The van der Waals surface area contributed by atoms with Gasteiger partial charge in [-0.2, -0.15) is 0 Å². The van der Waals surface area contributed by atoms with Crippen molar-refractivity contribution >= 4 is 0 Å². The van der Waals surface area contributed by atoms with Gasteiger partial charge in [-0.05, 0) is 28.8 Å². The Morgan fingerprint density at radius 1 is 0.950 bits per heavy atom. The Morgan fingerprint density at radius 2 is 1.55 bits per heavy atom. The summed E-state index contributed by atoms with van der Waals surface area (Å²) in [5.41, 5.74) is 3.12. The average molecular weight is 273 g/mol. The van der Waals surface area contributed by atoms with E-state index < -0.39 is 0 Å². The van der Waals surface area contributed by atoms with Crippen LogP contribution in [0.2, 0.25) is 0 Å². The monoisotopic (exact) mass is 273 g/mol. The number of phenols is 1. The van der Waals surface area contributed by atoms with Gasteiger partial charge in [-0.15, -0.1) is 0 Å². The standard InChI is InChI=1S/C16H19NO3/c1-20-16-8-14(6-7-15(16)19)10-17-9-12-2-4-13(11-18)5-3-12/h2-8,17-19H,9-11H2,1H3. The van der Waals surface area contributed by atoms with E-state index in [1.165, 1.54) is 7.11 Å². The second-order valence-corrected chi connectivity index (χ2v) is 4.58. The highest BCUT2D eigenvalue weighted by molar-refractivity contribution is 5.41. The van der Waals surface area contributed by atoms with Crippen LogP contribution in [0.3, 0.4) is 0 Å². The van der Waals surface area contributed by atoms with Crippen molar-refractivity contribution < 1.29 is 14.9 Å². The molecular weight excluding hydrogens is 254 g/mol. The van der Waals surface area contributed by atoms with E-state index in [-0.39, 0.29) is 12.4 Å². The van der Waals surface area contributed by atoms with Crippen LogP contribution in [-0.2, 0) is 19.7 Å². The van der Waals surface area contributed by atoms with Crippen LogP contribution in [0.25, 0.3) is 0 Å². The van der Waals surface area contributed by atoms with E-state index in [1.807, 2.05) is 36.4 Å². The van der Waals surface area contributed by atoms with Gasteiger partial charge in [-0.3, -0.25) is 0 Å². The van der Waals surface area contributed by atoms with Gasteiger partial charge in [0.15, 0.2) is 11.5 Å². The fraction of sp³-hybridized carbons (Fsp3) is 0.250. The normalized spacial score (nSPS) is 10.5. The largest absolute Gasteiger partial charge is 0.504 e. The number of benzene rings is 2. The zero-order valence-electron chi connectivity index (χ0n) is 11.5. The Balaban J connectivity index is 1.88. The molecule has 106 valence electrons. The highest BCUT2D eigenvalue weighted by Gasteiger charge is 2.02. The van der Waals surface area contributed by atoms with E-state index in [9.17, 15) is 5.11 Å². The summed E-state index contributed by atoms with van der Waals surface area (Å²) in [5.74, 6) is 0.632. The smallest absolute Gasteiger partial charge is 0.160 e. The van der Waals surface area contributed by atoms with Gasteiger partial charge in [-0.25, -0.2) is 0 Å². The Morgan fingerprint density at radius 3 is 2.20 bits per heavy atom. The van der Waals surface area contributed by atoms with Crippen LogP contribution in [0, 0.1) is 0 Å². The van der Waals surface area contributed by atoms with Gasteiger partial charge in [0.25, 0.3) is 0 Å². The molecule has 2 rings (SSSR count). The maximum atomic E-state index is 9.52. The first-order valence-electron chi connectivity index (χ1n) is 6.48. The fourth-order valence-corrected chi connectivity index (χ4v) is 1.95. The number of phenolic OH excluding ortho intramolecular Hbond substituents is 1. The quantitative estimate of drug-likeness (QED) is 0.755. The Hall–Kier alpha value is -2.04. The van der Waals surface area contributed by atoms with Crippen LogP contribution < -0.4 is 10.1 Å². The van der Waals surface area contributed by atoms with Crippen molar-refractivity contribution in [3.63, 3.8) is 0 Å². The molecule has 0 aliphatic heterocycles. The second-order valence-electron chi connectivity index (χ2n) is 4.58. The highest BCUT2D eigenvalue weighted by atomic mass is 16.5. The number of methoxy groups -OCH3 is 1. The predicted octanol–water partition coefficient (Wildman–Crippen LogP) is 2.18. The van der Waals surface area contributed by atoms with Crippen molar-refractivity contribution in [3.8, 4) is 11.5 Å². The van der Waals surface area contributed by atoms with E-state index in [4.69, 9.17) is 9.84 Å². The van der Waals surface area contributed by atoms with Crippen molar-refractivity contribution in [2.24, 2.45) is 0 Å². The minimum Gasteiger partial charge on any atom is -0.504 e. The maximum Gasteiger partial charge on any atom is 0.160 e. The van der Waals surface area contributed by atoms with Gasteiger partial charge in [0.1, 0.15) is 0 Å². The molecule has 20 heavy (non-hydrogen) atoms. The topological polar surface area (TPSA) is 61.7 Å². The lowest BCUT2D eigenvalue weighted by atomic mass is 10.1. The molecular formula is C16H19NO3. The lowest BCUT2D eigenvalue weighted by Crippen LogP contribution is -2.12. The summed E-state index contributed by atoms with van der Waals surface area (Å²) in [4.78, 5) is 0. The first kappa shape index (κ1) is 14.4. The molecule has 0 heterocycles. The SMILES string of the molecule is COc1cc(CNCc2ccc(CO)cc2)ccc1O. The number of ether oxygens (including phenoxy) is 1. The van der Waals surface area contributed by atoms with Crippen molar-refractivity contribution in [1.29, 1.82) is 0 Å². The molecule has 3 N–H and O–H groups in total. The number of hydrogen-bond acceptors (Lipinski definition) is 4. The van der Waals surface area contributed by atoms with Gasteiger partial charge in [0.2, 0.25) is 0 Å². The third-order valence-electron chi connectivity index (χ3n) is 3.11. The first-order valence-corrected chi connectivity index (χ1v) is 6.48. The summed E-state index contributed by atoms with van der Waals surface area (Å²) in [6.45, 7) is 1.51. The fourth-order valence-electron chi connectivity index (χ4n) is 1.95. The predicted molar refractivity (Wildman–Crippen MR) is 77.6 cm³/mol. The molecule has 0 atom stereocenters. The van der Waals surface area contributed by atoms with Crippen molar-refractivity contribution in [2.45, 2.75) is 19.7 Å². The van der Waals surface area contributed by atoms with E-state index in [2.05, 4.69) is 5.32 Å². The van der Waals surface area contributed by atoms with E-state index in [0.717, 1.165) is 23.2 Å². The summed E-state index contributed by atoms with van der Waals surface area (Å²) in [7, 11) is 1.54. The molecule has 0 fully saturated rings. The Labute approximate surface area is 118 Å². The molecule has 2 aromatic rings. The van der Waals surface area contributed by atoms with E-state index in [1.54, 1.807) is 6.07 Å². The van der Waals surface area contributed by atoms with Crippen LogP contribution in [0.4, 0.5) is 0 Å². The van der Waals surface area contributed by atoms with Gasteiger partial charge in [-0.1, -0.05) is 30.3 Å². The van der Waals surface area contributed by atoms with Crippen LogP contribution in [0.5, 0.6) is 11.5 Å². The zero-order chi connectivity index (χ0) is 14.4. The van der Waals surface area contributed by atoms with E-state index >= 15 is 0 Å². The minimum absolute atomic E-state index is 0.0704. The van der Waals surface area contributed by atoms with Gasteiger partial charge in [0, 0.05) is 13.1 Å². The molecule has 0 radical (unpaired) electrons. The summed E-state index contributed by atoms with van der Waals surface area (Å²) in [6, 6.07) is 13.1. The number of aromatic hydroxyl groups is 1. The van der Waals surface area contributed by atoms with Crippen LogP contribution >= 0.6 is 0 Å². The van der Waals surface area contributed by atoms with Crippen LogP contribution in [-0.4, -0.2) is 17.3 Å². The van der Waals surface area contributed by atoms with Gasteiger partial charge < -0.3 is 20.3 Å². The van der Waals surface area contributed by atoms with E-state index in [0.29, 0.717) is 12.3 Å². The molecule has 4 heteroatoms. The molecule has 0 aliphatic rings. The summed E-state index contributed by atoms with van der Waals surface area (Å²) in [5, 5.41) is 21.8. The summed E-state index contributed by atoms with van der Waals surface area (Å²) >= 11 is 0.